The van der Waals surface area contributed by atoms with Gasteiger partial charge in [-0.05, 0) is 48.7 Å². The topological polar surface area (TPSA) is 105 Å². The van der Waals surface area contributed by atoms with E-state index in [0.29, 0.717) is 17.7 Å². The first-order valence-electron chi connectivity index (χ1n) is 13.5. The largest absolute Gasteiger partial charge is 0.493 e. The Bertz CT molecular complexity index is 1450. The Balaban J connectivity index is 2.07. The molecule has 0 saturated heterocycles. The van der Waals surface area contributed by atoms with E-state index in [-0.39, 0.29) is 36.4 Å². The van der Waals surface area contributed by atoms with Gasteiger partial charge < -0.3 is 19.7 Å². The highest BCUT2D eigenvalue weighted by atomic mass is 32.2. The minimum atomic E-state index is -3.96. The highest BCUT2D eigenvalue weighted by Gasteiger charge is 2.33. The van der Waals surface area contributed by atoms with Crippen LogP contribution in [0, 0.1) is 5.82 Å². The summed E-state index contributed by atoms with van der Waals surface area (Å²) in [6.07, 6.45) is 1.86. The van der Waals surface area contributed by atoms with Crippen molar-refractivity contribution >= 4 is 27.5 Å². The minimum absolute atomic E-state index is 0.0475. The van der Waals surface area contributed by atoms with Crippen LogP contribution in [0.15, 0.2) is 72.8 Å². The first kappa shape index (κ1) is 32.4. The number of rotatable bonds is 14. The number of benzene rings is 3. The Morgan fingerprint density at radius 2 is 1.57 bits per heavy atom. The normalized spacial score (nSPS) is 12.6. The summed E-state index contributed by atoms with van der Waals surface area (Å²) >= 11 is 0. The van der Waals surface area contributed by atoms with Crippen molar-refractivity contribution in [1.82, 2.24) is 10.2 Å². The molecule has 1 N–H and O–H groups in total. The maximum absolute atomic E-state index is 14.1. The van der Waals surface area contributed by atoms with Gasteiger partial charge in [0.05, 0.1) is 26.2 Å². The smallest absolute Gasteiger partial charge is 0.244 e. The molecule has 0 aliphatic heterocycles. The number of hydrogen-bond acceptors (Lipinski definition) is 6. The third kappa shape index (κ3) is 8.69. The Hall–Kier alpha value is -4.12. The summed E-state index contributed by atoms with van der Waals surface area (Å²) < 4.78 is 51.2. The predicted molar refractivity (Wildman–Crippen MR) is 161 cm³/mol. The molecule has 0 bridgehead atoms. The molecular weight excluding hydrogens is 561 g/mol. The lowest BCUT2D eigenvalue weighted by molar-refractivity contribution is -0.140. The Morgan fingerprint density at radius 3 is 2.14 bits per heavy atom. The van der Waals surface area contributed by atoms with Crippen molar-refractivity contribution in [2.75, 3.05) is 31.3 Å². The molecule has 0 spiro atoms. The summed E-state index contributed by atoms with van der Waals surface area (Å²) in [5, 5.41) is 2.97. The Labute approximate surface area is 247 Å². The van der Waals surface area contributed by atoms with Gasteiger partial charge >= 0.3 is 0 Å². The van der Waals surface area contributed by atoms with E-state index < -0.39 is 34.3 Å². The number of hydrogen-bond donors (Lipinski definition) is 1. The van der Waals surface area contributed by atoms with Crippen LogP contribution in [0.25, 0.3) is 0 Å². The highest BCUT2D eigenvalue weighted by Crippen LogP contribution is 2.32. The number of sulfonamides is 1. The molecule has 2 atom stereocenters. The fraction of sp³-hybridized carbons (Fsp3) is 0.355. The van der Waals surface area contributed by atoms with Crippen LogP contribution in [0.2, 0.25) is 0 Å². The van der Waals surface area contributed by atoms with Crippen molar-refractivity contribution in [3.8, 4) is 11.5 Å². The number of halogens is 1. The quantitative estimate of drug-likeness (QED) is 0.298. The summed E-state index contributed by atoms with van der Waals surface area (Å²) in [4.78, 5) is 29.2. The van der Waals surface area contributed by atoms with Gasteiger partial charge in [-0.1, -0.05) is 49.4 Å². The van der Waals surface area contributed by atoms with Crippen molar-refractivity contribution in [3.63, 3.8) is 0 Å². The molecule has 0 fully saturated rings. The van der Waals surface area contributed by atoms with Crippen molar-refractivity contribution in [2.45, 2.75) is 45.3 Å². The first-order chi connectivity index (χ1) is 20.0. The van der Waals surface area contributed by atoms with Gasteiger partial charge in [-0.25, -0.2) is 12.8 Å². The van der Waals surface area contributed by atoms with E-state index in [2.05, 4.69) is 5.32 Å². The maximum Gasteiger partial charge on any atom is 0.244 e. The first-order valence-corrected chi connectivity index (χ1v) is 15.4. The van der Waals surface area contributed by atoms with Gasteiger partial charge in [0.15, 0.2) is 11.5 Å². The number of nitrogens with zero attached hydrogens (tertiary/aromatic N) is 2. The van der Waals surface area contributed by atoms with Crippen LogP contribution in [0.4, 0.5) is 10.1 Å². The van der Waals surface area contributed by atoms with Gasteiger partial charge in [0, 0.05) is 25.1 Å². The summed E-state index contributed by atoms with van der Waals surface area (Å²) in [5.74, 6) is -0.748. The summed E-state index contributed by atoms with van der Waals surface area (Å²) in [5.41, 5.74) is 1.59. The van der Waals surface area contributed by atoms with Crippen molar-refractivity contribution in [1.29, 1.82) is 0 Å². The number of anilines is 1. The number of amides is 2. The van der Waals surface area contributed by atoms with E-state index in [4.69, 9.17) is 9.47 Å². The third-order valence-electron chi connectivity index (χ3n) is 6.87. The van der Waals surface area contributed by atoms with Gasteiger partial charge in [-0.2, -0.15) is 0 Å². The molecule has 0 unspecified atom stereocenters. The van der Waals surface area contributed by atoms with Crippen LogP contribution in [-0.4, -0.2) is 64.2 Å². The average Bonchev–Trinajstić information content (AvgIpc) is 2.97. The van der Waals surface area contributed by atoms with Crippen LogP contribution in [0.1, 0.15) is 31.4 Å². The molecule has 0 saturated carbocycles. The lowest BCUT2D eigenvalue weighted by atomic mass is 10.0. The molecular formula is C31H38FN3O6S. The van der Waals surface area contributed by atoms with Gasteiger partial charge in [0.1, 0.15) is 18.4 Å². The molecule has 3 aromatic rings. The zero-order valence-corrected chi connectivity index (χ0v) is 25.4. The van der Waals surface area contributed by atoms with Crippen LogP contribution < -0.4 is 19.1 Å². The molecule has 11 heteroatoms. The summed E-state index contributed by atoms with van der Waals surface area (Å²) in [7, 11) is -1.08. The summed E-state index contributed by atoms with van der Waals surface area (Å²) in [6.45, 7) is 3.17. The number of methoxy groups -OCH3 is 2. The standard InChI is InChI=1S/C31H38FN3O6S/c1-6-22(2)33-31(37)27(18-23-10-8-7-9-11-23)34(20-24-12-14-25(32)15-13-24)30(36)21-35(42(5,38)39)26-16-17-28(40-3)29(19-26)41-4/h7-17,19,22,27H,6,18,20-21H2,1-5H3,(H,33,37)/t22-,27-/m0/s1. The van der Waals surface area contributed by atoms with Crippen molar-refractivity contribution in [2.24, 2.45) is 0 Å². The molecule has 0 aliphatic rings. The molecule has 3 aromatic carbocycles. The van der Waals surface area contributed by atoms with E-state index in [1.54, 1.807) is 6.07 Å². The lowest BCUT2D eigenvalue weighted by Gasteiger charge is -2.34. The molecule has 9 nitrogen and oxygen atoms in total. The second-order valence-corrected chi connectivity index (χ2v) is 11.9. The fourth-order valence-corrected chi connectivity index (χ4v) is 5.22. The third-order valence-corrected chi connectivity index (χ3v) is 8.01. The van der Waals surface area contributed by atoms with Crippen LogP contribution >= 0.6 is 0 Å². The maximum atomic E-state index is 14.1. The monoisotopic (exact) mass is 599 g/mol. The zero-order valence-electron chi connectivity index (χ0n) is 24.5. The lowest BCUT2D eigenvalue weighted by Crippen LogP contribution is -2.54. The van der Waals surface area contributed by atoms with Gasteiger partial charge in [-0.15, -0.1) is 0 Å². The predicted octanol–water partition coefficient (Wildman–Crippen LogP) is 4.16. The van der Waals surface area contributed by atoms with E-state index in [9.17, 15) is 22.4 Å². The average molecular weight is 600 g/mol. The molecule has 0 heterocycles. The van der Waals surface area contributed by atoms with Crippen molar-refractivity contribution < 1.29 is 31.9 Å². The van der Waals surface area contributed by atoms with Crippen molar-refractivity contribution in [3.05, 3.63) is 89.7 Å². The summed E-state index contributed by atoms with van der Waals surface area (Å²) in [6, 6.07) is 18.3. The molecule has 0 aromatic heterocycles. The number of carbonyl (C=O) groups excluding carboxylic acids is 2. The molecule has 3 rings (SSSR count). The second-order valence-electron chi connectivity index (χ2n) is 9.98. The van der Waals surface area contributed by atoms with E-state index in [1.165, 1.54) is 55.5 Å². The second kappa shape index (κ2) is 14.7. The van der Waals surface area contributed by atoms with E-state index in [1.807, 2.05) is 44.2 Å². The zero-order chi connectivity index (χ0) is 30.9. The van der Waals surface area contributed by atoms with Gasteiger partial charge in [-0.3, -0.25) is 13.9 Å². The van der Waals surface area contributed by atoms with Crippen LogP contribution in [0.5, 0.6) is 11.5 Å². The van der Waals surface area contributed by atoms with E-state index in [0.717, 1.165) is 16.1 Å². The fourth-order valence-electron chi connectivity index (χ4n) is 4.38. The van der Waals surface area contributed by atoms with Gasteiger partial charge in [0.25, 0.3) is 0 Å². The minimum Gasteiger partial charge on any atom is -0.493 e. The molecule has 0 radical (unpaired) electrons. The Kier molecular flexibility index (Phi) is 11.3. The molecule has 226 valence electrons. The number of ether oxygens (including phenoxy) is 2. The number of nitrogens with one attached hydrogen (secondary N) is 1. The molecule has 42 heavy (non-hydrogen) atoms. The Morgan fingerprint density at radius 1 is 0.929 bits per heavy atom. The number of carbonyl (C=O) groups is 2. The highest BCUT2D eigenvalue weighted by molar-refractivity contribution is 7.92. The SMILES string of the molecule is CC[C@H](C)NC(=O)[C@H](Cc1ccccc1)N(Cc1ccc(F)cc1)C(=O)CN(c1ccc(OC)c(OC)c1)S(C)(=O)=O. The van der Waals surface area contributed by atoms with E-state index >= 15 is 0 Å². The van der Waals surface area contributed by atoms with Crippen LogP contribution in [-0.2, 0) is 32.6 Å². The molecule has 0 aliphatic carbocycles. The van der Waals surface area contributed by atoms with Gasteiger partial charge in [0.2, 0.25) is 21.8 Å². The van der Waals surface area contributed by atoms with Crippen LogP contribution in [0.3, 0.4) is 0 Å². The molecule has 2 amide bonds.